The van der Waals surface area contributed by atoms with E-state index < -0.39 is 5.60 Å². The number of carbonyl (C=O) groups excluding carboxylic acids is 1. The lowest BCUT2D eigenvalue weighted by atomic mass is 9.88. The number of nitrogens with one attached hydrogen (secondary N) is 2. The molecule has 1 heterocycles. The largest absolute Gasteiger partial charge is 0.388 e. The van der Waals surface area contributed by atoms with Crippen molar-refractivity contribution < 1.29 is 14.6 Å². The molecule has 4 rings (SSSR count). The lowest BCUT2D eigenvalue weighted by molar-refractivity contribution is -0.120. The number of hydrogen-bond acceptors (Lipinski definition) is 6. The summed E-state index contributed by atoms with van der Waals surface area (Å²) in [6, 6.07) is 12.9. The highest BCUT2D eigenvalue weighted by atomic mass is 16.5. The molecule has 0 radical (unpaired) electrons. The van der Waals surface area contributed by atoms with Crippen LogP contribution in [0.5, 0.6) is 0 Å². The second-order valence-corrected chi connectivity index (χ2v) is 12.3. The van der Waals surface area contributed by atoms with E-state index in [1.54, 1.807) is 13.8 Å². The minimum absolute atomic E-state index is 0.0923. The number of anilines is 3. The van der Waals surface area contributed by atoms with Gasteiger partial charge in [0.1, 0.15) is 0 Å². The molecule has 3 N–H and O–H groups in total. The Bertz CT molecular complexity index is 1110. The van der Waals surface area contributed by atoms with Gasteiger partial charge < -0.3 is 25.4 Å². The molecule has 1 aliphatic heterocycles. The summed E-state index contributed by atoms with van der Waals surface area (Å²) in [6.45, 7) is 12.7. The molecular formula is C32H48N4O3. The van der Waals surface area contributed by atoms with Gasteiger partial charge in [0.2, 0.25) is 5.91 Å². The van der Waals surface area contributed by atoms with Gasteiger partial charge >= 0.3 is 0 Å². The van der Waals surface area contributed by atoms with Gasteiger partial charge in [-0.3, -0.25) is 9.69 Å². The van der Waals surface area contributed by atoms with E-state index in [1.807, 2.05) is 18.2 Å². The fraction of sp³-hybridized carbons (Fsp3) is 0.594. The number of benzene rings is 2. The van der Waals surface area contributed by atoms with E-state index in [9.17, 15) is 9.90 Å². The van der Waals surface area contributed by atoms with Crippen LogP contribution >= 0.6 is 0 Å². The highest BCUT2D eigenvalue weighted by Gasteiger charge is 2.24. The summed E-state index contributed by atoms with van der Waals surface area (Å²) < 4.78 is 5.73. The van der Waals surface area contributed by atoms with Gasteiger partial charge in [-0.05, 0) is 82.5 Å². The zero-order chi connectivity index (χ0) is 28.0. The fourth-order valence-electron chi connectivity index (χ4n) is 5.60. The quantitative estimate of drug-likeness (QED) is 0.363. The first-order valence-electron chi connectivity index (χ1n) is 14.6. The third-order valence-corrected chi connectivity index (χ3v) is 8.17. The molecule has 1 saturated carbocycles. The van der Waals surface area contributed by atoms with Crippen molar-refractivity contribution in [2.24, 2.45) is 5.92 Å². The van der Waals surface area contributed by atoms with Gasteiger partial charge in [0, 0.05) is 43.8 Å². The van der Waals surface area contributed by atoms with Crippen molar-refractivity contribution >= 4 is 23.0 Å². The number of ether oxygens (including phenoxy) is 1. The topological polar surface area (TPSA) is 77.1 Å². The van der Waals surface area contributed by atoms with Crippen LogP contribution in [0.15, 0.2) is 36.4 Å². The third-order valence-electron chi connectivity index (χ3n) is 8.17. The zero-order valence-corrected chi connectivity index (χ0v) is 24.6. The van der Waals surface area contributed by atoms with Gasteiger partial charge in [-0.2, -0.15) is 0 Å². The second kappa shape index (κ2) is 13.3. The molecule has 0 unspecified atom stereocenters. The van der Waals surface area contributed by atoms with E-state index in [0.29, 0.717) is 12.6 Å². The molecule has 7 nitrogen and oxygen atoms in total. The lowest BCUT2D eigenvalue weighted by Crippen LogP contribution is -2.49. The summed E-state index contributed by atoms with van der Waals surface area (Å²) in [6.07, 6.45) is 5.44. The smallest absolute Gasteiger partial charge is 0.227 e. The van der Waals surface area contributed by atoms with Crippen LogP contribution in [0.2, 0.25) is 0 Å². The first kappa shape index (κ1) is 29.5. The molecule has 2 aromatic rings. The fourth-order valence-corrected chi connectivity index (χ4v) is 5.60. The molecule has 1 aliphatic carbocycles. The molecule has 0 spiro atoms. The predicted octanol–water partition coefficient (Wildman–Crippen LogP) is 5.68. The zero-order valence-electron chi connectivity index (χ0n) is 24.6. The average molecular weight is 537 g/mol. The Balaban J connectivity index is 1.56. The van der Waals surface area contributed by atoms with Gasteiger partial charge in [0.05, 0.1) is 30.2 Å². The highest BCUT2D eigenvalue weighted by Crippen LogP contribution is 2.34. The minimum atomic E-state index is -0.861. The summed E-state index contributed by atoms with van der Waals surface area (Å²) in [5.41, 5.74) is 5.33. The van der Waals surface area contributed by atoms with Crippen LogP contribution in [0.1, 0.15) is 69.6 Å². The normalized spacial score (nSPS) is 19.7. The van der Waals surface area contributed by atoms with E-state index in [-0.39, 0.29) is 18.4 Å². The number of rotatable bonds is 10. The van der Waals surface area contributed by atoms with E-state index in [0.717, 1.165) is 80.1 Å². The Morgan fingerprint density at radius 3 is 2.62 bits per heavy atom. The second-order valence-electron chi connectivity index (χ2n) is 12.3. The molecule has 1 saturated heterocycles. The number of aliphatic hydroxyl groups is 1. The van der Waals surface area contributed by atoms with Gasteiger partial charge in [-0.15, -0.1) is 0 Å². The van der Waals surface area contributed by atoms with E-state index in [1.165, 1.54) is 12.0 Å². The molecule has 7 heteroatoms. The summed E-state index contributed by atoms with van der Waals surface area (Å²) in [5.74, 6) is 0.223. The molecule has 1 atom stereocenters. The predicted molar refractivity (Wildman–Crippen MR) is 159 cm³/mol. The number of hydrogen-bond donors (Lipinski definition) is 3. The standard InChI is InChI=1S/C32H48N4O3/c1-23-19-36(17-16-35(23)5)20-27-14-15-29(34-31(37)26-11-7-6-8-12-26)30(24(27)2)33-28-13-9-10-25(18-28)21-39-22-32(3,4)38/h9-10,13-15,18,23,26,33,38H,6-8,11-12,16-17,19-22H2,1-5H3,(H,34,37)/t23-/m0/s1. The Labute approximate surface area is 234 Å². The van der Waals surface area contributed by atoms with Crippen molar-refractivity contribution in [2.75, 3.05) is 43.9 Å². The van der Waals surface area contributed by atoms with Crippen LogP contribution < -0.4 is 10.6 Å². The summed E-state index contributed by atoms with van der Waals surface area (Å²) in [7, 11) is 2.20. The Hall–Kier alpha value is -2.45. The third kappa shape index (κ3) is 8.52. The van der Waals surface area contributed by atoms with Crippen LogP contribution in [0.3, 0.4) is 0 Å². The van der Waals surface area contributed by atoms with Crippen molar-refractivity contribution in [1.29, 1.82) is 0 Å². The number of piperazine rings is 1. The Morgan fingerprint density at radius 2 is 1.90 bits per heavy atom. The maximum atomic E-state index is 13.2. The highest BCUT2D eigenvalue weighted by molar-refractivity contribution is 5.97. The molecule has 0 aromatic heterocycles. The molecule has 2 aliphatic rings. The van der Waals surface area contributed by atoms with Gasteiger partial charge in [-0.25, -0.2) is 0 Å². The van der Waals surface area contributed by atoms with Crippen LogP contribution in [0.25, 0.3) is 0 Å². The van der Waals surface area contributed by atoms with Gasteiger partial charge in [0.25, 0.3) is 0 Å². The van der Waals surface area contributed by atoms with Gasteiger partial charge in [0.15, 0.2) is 0 Å². The summed E-state index contributed by atoms with van der Waals surface area (Å²) >= 11 is 0. The number of amides is 1. The van der Waals surface area contributed by atoms with Crippen molar-refractivity contribution in [3.05, 3.63) is 53.1 Å². The molecule has 39 heavy (non-hydrogen) atoms. The van der Waals surface area contributed by atoms with Crippen molar-refractivity contribution in [1.82, 2.24) is 9.80 Å². The Kier molecular flexibility index (Phi) is 10.0. The Morgan fingerprint density at radius 1 is 1.13 bits per heavy atom. The van der Waals surface area contributed by atoms with Crippen molar-refractivity contribution in [3.63, 3.8) is 0 Å². The molecule has 2 aromatic carbocycles. The number of nitrogens with zero attached hydrogens (tertiary/aromatic N) is 2. The molecule has 214 valence electrons. The van der Waals surface area contributed by atoms with Crippen LogP contribution in [-0.2, 0) is 22.7 Å². The van der Waals surface area contributed by atoms with E-state index in [2.05, 4.69) is 59.5 Å². The van der Waals surface area contributed by atoms with Gasteiger partial charge in [-0.1, -0.05) is 37.5 Å². The first-order chi connectivity index (χ1) is 18.6. The number of likely N-dealkylation sites (N-methyl/N-ethyl adjacent to an activating group) is 1. The molecule has 2 fully saturated rings. The van der Waals surface area contributed by atoms with Crippen molar-refractivity contribution in [3.8, 4) is 0 Å². The van der Waals surface area contributed by atoms with Crippen LogP contribution in [-0.4, -0.2) is 65.7 Å². The molecule has 1 amide bonds. The SMILES string of the molecule is Cc1c(CN2CCN(C)[C@@H](C)C2)ccc(NC(=O)C2CCCCC2)c1Nc1cccc(COCC(C)(C)O)c1. The number of carbonyl (C=O) groups is 1. The summed E-state index contributed by atoms with van der Waals surface area (Å²) in [5, 5.41) is 16.9. The van der Waals surface area contributed by atoms with E-state index >= 15 is 0 Å². The minimum Gasteiger partial charge on any atom is -0.388 e. The van der Waals surface area contributed by atoms with Crippen LogP contribution in [0, 0.1) is 12.8 Å². The first-order valence-corrected chi connectivity index (χ1v) is 14.6. The van der Waals surface area contributed by atoms with Crippen LogP contribution in [0.4, 0.5) is 17.1 Å². The summed E-state index contributed by atoms with van der Waals surface area (Å²) in [4.78, 5) is 18.2. The lowest BCUT2D eigenvalue weighted by Gasteiger charge is -2.38. The maximum absolute atomic E-state index is 13.2. The molecular weight excluding hydrogens is 488 g/mol. The van der Waals surface area contributed by atoms with E-state index in [4.69, 9.17) is 4.74 Å². The van der Waals surface area contributed by atoms with Crippen molar-refractivity contribution in [2.45, 2.75) is 84.6 Å². The maximum Gasteiger partial charge on any atom is 0.227 e. The molecule has 0 bridgehead atoms. The monoisotopic (exact) mass is 536 g/mol. The average Bonchev–Trinajstić information content (AvgIpc) is 2.90.